The molecule has 132 valence electrons. The van der Waals surface area contributed by atoms with Crippen LogP contribution < -0.4 is 10.1 Å². The molecule has 0 radical (unpaired) electrons. The summed E-state index contributed by atoms with van der Waals surface area (Å²) in [5.41, 5.74) is 1.11. The summed E-state index contributed by atoms with van der Waals surface area (Å²) in [6, 6.07) is 8.16. The van der Waals surface area contributed by atoms with Gasteiger partial charge in [0.2, 0.25) is 5.91 Å². The van der Waals surface area contributed by atoms with Gasteiger partial charge in [-0.2, -0.15) is 0 Å². The van der Waals surface area contributed by atoms with Crippen LogP contribution in [0.4, 0.5) is 0 Å². The number of carboxylic acid groups (broad SMARTS) is 1. The fourth-order valence-corrected chi connectivity index (χ4v) is 3.03. The van der Waals surface area contributed by atoms with Gasteiger partial charge in [-0.15, -0.1) is 0 Å². The maximum atomic E-state index is 12.0. The number of amides is 1. The van der Waals surface area contributed by atoms with E-state index in [1.54, 1.807) is 7.11 Å². The predicted octanol–water partition coefficient (Wildman–Crippen LogP) is 1.68. The van der Waals surface area contributed by atoms with Gasteiger partial charge in [0.1, 0.15) is 5.75 Å². The van der Waals surface area contributed by atoms with Crippen LogP contribution in [0.2, 0.25) is 0 Å². The molecule has 2 rings (SSSR count). The topological polar surface area (TPSA) is 78.9 Å². The summed E-state index contributed by atoms with van der Waals surface area (Å²) in [5, 5.41) is 11.9. The van der Waals surface area contributed by atoms with Gasteiger partial charge in [-0.3, -0.25) is 14.5 Å². The van der Waals surface area contributed by atoms with Crippen molar-refractivity contribution in [1.29, 1.82) is 0 Å². The molecule has 0 saturated heterocycles. The Bertz CT molecular complexity index is 553. The van der Waals surface area contributed by atoms with E-state index in [0.717, 1.165) is 30.7 Å². The van der Waals surface area contributed by atoms with Gasteiger partial charge in [0.25, 0.3) is 0 Å². The number of likely N-dealkylation sites (N-methyl/N-ethyl adjacent to an activating group) is 1. The van der Waals surface area contributed by atoms with Crippen molar-refractivity contribution in [2.75, 3.05) is 20.2 Å². The smallest absolute Gasteiger partial charge is 0.317 e. The highest BCUT2D eigenvalue weighted by Crippen LogP contribution is 2.25. The number of hydrogen-bond donors (Lipinski definition) is 2. The van der Waals surface area contributed by atoms with Crippen LogP contribution in [-0.2, 0) is 16.0 Å². The lowest BCUT2D eigenvalue weighted by Gasteiger charge is -2.42. The summed E-state index contributed by atoms with van der Waals surface area (Å²) in [7, 11) is 1.63. The zero-order valence-corrected chi connectivity index (χ0v) is 14.3. The third-order valence-corrected chi connectivity index (χ3v) is 4.54. The number of hydrogen-bond acceptors (Lipinski definition) is 4. The number of nitrogens with zero attached hydrogens (tertiary/aromatic N) is 1. The highest BCUT2D eigenvalue weighted by atomic mass is 16.5. The summed E-state index contributed by atoms with van der Waals surface area (Å²) < 4.78 is 5.11. The standard InChI is InChI=1S/C18H26N2O4/c1-3-20(12-18(22)23)15-10-14(11-15)19-17(21)9-6-13-4-7-16(24-2)8-5-13/h4-5,7-8,14-15H,3,6,9-12H2,1-2H3,(H,19,21)(H,22,23). The van der Waals surface area contributed by atoms with E-state index in [1.807, 2.05) is 36.1 Å². The van der Waals surface area contributed by atoms with E-state index in [0.29, 0.717) is 12.8 Å². The van der Waals surface area contributed by atoms with Crippen LogP contribution in [-0.4, -0.2) is 54.2 Å². The Hall–Kier alpha value is -2.08. The van der Waals surface area contributed by atoms with Crippen molar-refractivity contribution in [2.45, 2.75) is 44.7 Å². The number of ether oxygens (including phenoxy) is 1. The molecule has 0 heterocycles. The zero-order valence-electron chi connectivity index (χ0n) is 14.3. The van der Waals surface area contributed by atoms with Crippen LogP contribution in [0.5, 0.6) is 5.75 Å². The Balaban J connectivity index is 1.67. The van der Waals surface area contributed by atoms with Crippen molar-refractivity contribution < 1.29 is 19.4 Å². The molecule has 2 N–H and O–H groups in total. The van der Waals surface area contributed by atoms with Crippen LogP contribution in [0, 0.1) is 0 Å². The molecule has 1 aliphatic carbocycles. The van der Waals surface area contributed by atoms with E-state index in [9.17, 15) is 9.59 Å². The Morgan fingerprint density at radius 1 is 1.29 bits per heavy atom. The molecule has 6 nitrogen and oxygen atoms in total. The first-order valence-electron chi connectivity index (χ1n) is 8.40. The third kappa shape index (κ3) is 5.23. The number of carbonyl (C=O) groups excluding carboxylic acids is 1. The average Bonchev–Trinajstić information content (AvgIpc) is 2.54. The molecule has 1 aliphatic rings. The number of rotatable bonds is 9. The fraction of sp³-hybridized carbons (Fsp3) is 0.556. The monoisotopic (exact) mass is 334 g/mol. The van der Waals surface area contributed by atoms with E-state index in [4.69, 9.17) is 9.84 Å². The normalized spacial score (nSPS) is 19.6. The molecule has 1 saturated carbocycles. The molecule has 24 heavy (non-hydrogen) atoms. The van der Waals surface area contributed by atoms with Gasteiger partial charge >= 0.3 is 5.97 Å². The minimum atomic E-state index is -0.802. The van der Waals surface area contributed by atoms with E-state index >= 15 is 0 Å². The highest BCUT2D eigenvalue weighted by molar-refractivity contribution is 5.76. The second kappa shape index (κ2) is 8.68. The molecule has 0 atom stereocenters. The number of methoxy groups -OCH3 is 1. The number of aliphatic carboxylic acids is 1. The molecule has 0 spiro atoms. The summed E-state index contributed by atoms with van der Waals surface area (Å²) in [5.74, 6) is 0.0601. The quantitative estimate of drug-likeness (QED) is 0.718. The maximum Gasteiger partial charge on any atom is 0.317 e. The number of aryl methyl sites for hydroxylation is 1. The second-order valence-electron chi connectivity index (χ2n) is 6.19. The van der Waals surface area contributed by atoms with Crippen LogP contribution >= 0.6 is 0 Å². The van der Waals surface area contributed by atoms with E-state index in [2.05, 4.69) is 5.32 Å². The Kier molecular flexibility index (Phi) is 6.61. The Morgan fingerprint density at radius 2 is 1.96 bits per heavy atom. The highest BCUT2D eigenvalue weighted by Gasteiger charge is 2.34. The van der Waals surface area contributed by atoms with Crippen molar-refractivity contribution >= 4 is 11.9 Å². The van der Waals surface area contributed by atoms with Gasteiger partial charge in [-0.05, 0) is 43.5 Å². The van der Waals surface area contributed by atoms with Crippen molar-refractivity contribution in [3.8, 4) is 5.75 Å². The molecule has 1 aromatic carbocycles. The van der Waals surface area contributed by atoms with Crippen molar-refractivity contribution in [3.05, 3.63) is 29.8 Å². The minimum absolute atomic E-state index is 0.0514. The molecule has 1 amide bonds. The van der Waals surface area contributed by atoms with E-state index in [1.165, 1.54) is 0 Å². The number of benzene rings is 1. The molecule has 0 aliphatic heterocycles. The minimum Gasteiger partial charge on any atom is -0.497 e. The van der Waals surface area contributed by atoms with Crippen LogP contribution in [0.3, 0.4) is 0 Å². The fourth-order valence-electron chi connectivity index (χ4n) is 3.03. The van der Waals surface area contributed by atoms with Gasteiger partial charge in [-0.25, -0.2) is 0 Å². The van der Waals surface area contributed by atoms with Gasteiger partial charge in [0.15, 0.2) is 0 Å². The first kappa shape index (κ1) is 18.3. The van der Waals surface area contributed by atoms with E-state index in [-0.39, 0.29) is 24.5 Å². The largest absolute Gasteiger partial charge is 0.497 e. The Morgan fingerprint density at radius 3 is 2.50 bits per heavy atom. The first-order valence-corrected chi connectivity index (χ1v) is 8.40. The molecule has 0 aromatic heterocycles. The molecule has 1 fully saturated rings. The van der Waals surface area contributed by atoms with Crippen LogP contribution in [0.1, 0.15) is 31.7 Å². The molecular weight excluding hydrogens is 308 g/mol. The molecule has 1 aromatic rings. The van der Waals surface area contributed by atoms with Crippen LogP contribution in [0.25, 0.3) is 0 Å². The van der Waals surface area contributed by atoms with Gasteiger partial charge < -0.3 is 15.2 Å². The molecule has 6 heteroatoms. The molecule has 0 unspecified atom stereocenters. The summed E-state index contributed by atoms with van der Waals surface area (Å²) in [6.07, 6.45) is 2.82. The molecule has 0 bridgehead atoms. The second-order valence-corrected chi connectivity index (χ2v) is 6.19. The lowest BCUT2D eigenvalue weighted by atomic mass is 9.85. The summed E-state index contributed by atoms with van der Waals surface area (Å²) in [6.45, 7) is 2.75. The average molecular weight is 334 g/mol. The van der Waals surface area contributed by atoms with Crippen LogP contribution in [0.15, 0.2) is 24.3 Å². The van der Waals surface area contributed by atoms with Crippen molar-refractivity contribution in [3.63, 3.8) is 0 Å². The SMILES string of the molecule is CCN(CC(=O)O)C1CC(NC(=O)CCc2ccc(OC)cc2)C1. The summed E-state index contributed by atoms with van der Waals surface area (Å²) >= 11 is 0. The van der Waals surface area contributed by atoms with Gasteiger partial charge in [0.05, 0.1) is 13.7 Å². The first-order chi connectivity index (χ1) is 11.5. The van der Waals surface area contributed by atoms with Gasteiger partial charge in [-0.1, -0.05) is 19.1 Å². The predicted molar refractivity (Wildman–Crippen MR) is 91.2 cm³/mol. The Labute approximate surface area is 142 Å². The lowest BCUT2D eigenvalue weighted by Crippen LogP contribution is -2.54. The van der Waals surface area contributed by atoms with E-state index < -0.39 is 5.97 Å². The molecular formula is C18H26N2O4. The summed E-state index contributed by atoms with van der Waals surface area (Å²) in [4.78, 5) is 24.8. The maximum absolute atomic E-state index is 12.0. The number of carboxylic acids is 1. The van der Waals surface area contributed by atoms with Gasteiger partial charge in [0, 0.05) is 18.5 Å². The number of nitrogens with one attached hydrogen (secondary N) is 1. The van der Waals surface area contributed by atoms with Crippen molar-refractivity contribution in [1.82, 2.24) is 10.2 Å². The zero-order chi connectivity index (χ0) is 17.5. The van der Waals surface area contributed by atoms with Crippen molar-refractivity contribution in [2.24, 2.45) is 0 Å². The lowest BCUT2D eigenvalue weighted by molar-refractivity contribution is -0.139. The number of carbonyl (C=O) groups is 2. The third-order valence-electron chi connectivity index (χ3n) is 4.54.